The van der Waals surface area contributed by atoms with Crippen LogP contribution in [-0.4, -0.2) is 30.6 Å². The van der Waals surface area contributed by atoms with Crippen LogP contribution in [0.1, 0.15) is 36.7 Å². The lowest BCUT2D eigenvalue weighted by atomic mass is 10.1. The Morgan fingerprint density at radius 2 is 1.91 bits per heavy atom. The molecular formula is C17H22N2O3. The molecule has 0 aliphatic carbocycles. The first kappa shape index (κ1) is 16.1. The second-order valence-electron chi connectivity index (χ2n) is 5.11. The number of nitrogens with one attached hydrogen (secondary N) is 1. The van der Waals surface area contributed by atoms with E-state index in [1.165, 1.54) is 6.20 Å². The van der Waals surface area contributed by atoms with Gasteiger partial charge in [-0.15, -0.1) is 0 Å². The van der Waals surface area contributed by atoms with Gasteiger partial charge in [-0.2, -0.15) is 0 Å². The minimum absolute atomic E-state index is 0.0467. The Bertz CT molecular complexity index is 745. The quantitative estimate of drug-likeness (QED) is 0.863. The number of aryl methyl sites for hydroxylation is 1. The van der Waals surface area contributed by atoms with E-state index in [-0.39, 0.29) is 17.6 Å². The summed E-state index contributed by atoms with van der Waals surface area (Å²) in [6.45, 7) is 9.78. The summed E-state index contributed by atoms with van der Waals surface area (Å²) in [5, 5.41) is 0.521. The Kier molecular flexibility index (Phi) is 4.85. The number of benzene rings is 1. The number of hydrogen-bond acceptors (Lipinski definition) is 4. The van der Waals surface area contributed by atoms with Crippen molar-refractivity contribution in [3.05, 3.63) is 39.7 Å². The van der Waals surface area contributed by atoms with Crippen LogP contribution in [0.15, 0.2) is 23.1 Å². The highest BCUT2D eigenvalue weighted by Gasteiger charge is 2.16. The van der Waals surface area contributed by atoms with E-state index in [0.717, 1.165) is 29.9 Å². The zero-order chi connectivity index (χ0) is 16.3. The number of H-pyrrole nitrogens is 1. The number of fused-ring (bicyclic) bond motifs is 1. The second kappa shape index (κ2) is 6.64. The maximum absolute atomic E-state index is 12.6. The third kappa shape index (κ3) is 2.84. The Morgan fingerprint density at radius 1 is 1.23 bits per heavy atom. The molecule has 0 bridgehead atoms. The fourth-order valence-electron chi connectivity index (χ4n) is 2.63. The molecule has 0 aliphatic rings. The SMILES string of the molecule is CCOC(=O)c1c[nH]c2c(C)cc(N(CC)CC)cc2c1=O. The smallest absolute Gasteiger partial charge is 0.343 e. The molecule has 5 heteroatoms. The van der Waals surface area contributed by atoms with Gasteiger partial charge in [0.15, 0.2) is 0 Å². The van der Waals surface area contributed by atoms with E-state index in [9.17, 15) is 9.59 Å². The number of carbonyl (C=O) groups excluding carboxylic acids is 1. The molecule has 0 unspecified atom stereocenters. The summed E-state index contributed by atoms with van der Waals surface area (Å²) >= 11 is 0. The van der Waals surface area contributed by atoms with E-state index in [1.807, 2.05) is 13.0 Å². The first-order valence-corrected chi connectivity index (χ1v) is 7.61. The van der Waals surface area contributed by atoms with Crippen molar-refractivity contribution < 1.29 is 9.53 Å². The normalized spacial score (nSPS) is 10.7. The molecule has 0 fully saturated rings. The molecule has 2 aromatic rings. The van der Waals surface area contributed by atoms with Gasteiger partial charge in [0.05, 0.1) is 12.1 Å². The van der Waals surface area contributed by atoms with Crippen molar-refractivity contribution in [3.8, 4) is 0 Å². The fraction of sp³-hybridized carbons (Fsp3) is 0.412. The number of ether oxygens (including phenoxy) is 1. The number of esters is 1. The number of aromatic nitrogens is 1. The summed E-state index contributed by atoms with van der Waals surface area (Å²) in [5.74, 6) is -0.587. The topological polar surface area (TPSA) is 62.4 Å². The van der Waals surface area contributed by atoms with Gasteiger partial charge in [-0.05, 0) is 45.4 Å². The molecule has 1 heterocycles. The van der Waals surface area contributed by atoms with Crippen LogP contribution in [-0.2, 0) is 4.74 Å². The predicted molar refractivity (Wildman–Crippen MR) is 88.8 cm³/mol. The van der Waals surface area contributed by atoms with Crippen LogP contribution in [0.25, 0.3) is 10.9 Å². The van der Waals surface area contributed by atoms with Gasteiger partial charge in [0.2, 0.25) is 5.43 Å². The lowest BCUT2D eigenvalue weighted by molar-refractivity contribution is 0.0524. The Hall–Kier alpha value is -2.30. The molecule has 0 saturated carbocycles. The lowest BCUT2D eigenvalue weighted by Gasteiger charge is -2.22. The standard InChI is InChI=1S/C17H22N2O3/c1-5-19(6-2)12-8-11(4)15-13(9-12)16(20)14(10-18-15)17(21)22-7-3/h8-10H,5-7H2,1-4H3,(H,18,20). The van der Waals surface area contributed by atoms with E-state index in [0.29, 0.717) is 5.39 Å². The van der Waals surface area contributed by atoms with Gasteiger partial charge in [-0.25, -0.2) is 4.79 Å². The van der Waals surface area contributed by atoms with Gasteiger partial charge in [0.1, 0.15) is 5.56 Å². The van der Waals surface area contributed by atoms with Gasteiger partial charge < -0.3 is 14.6 Å². The molecular weight excluding hydrogens is 280 g/mol. The van der Waals surface area contributed by atoms with Gasteiger partial charge >= 0.3 is 5.97 Å². The van der Waals surface area contributed by atoms with Crippen molar-refractivity contribution in [2.24, 2.45) is 0 Å². The Labute approximate surface area is 129 Å². The van der Waals surface area contributed by atoms with Crippen molar-refractivity contribution in [1.29, 1.82) is 0 Å². The van der Waals surface area contributed by atoms with Crippen molar-refractivity contribution >= 4 is 22.6 Å². The van der Waals surface area contributed by atoms with Crippen LogP contribution >= 0.6 is 0 Å². The van der Waals surface area contributed by atoms with E-state index in [4.69, 9.17) is 4.74 Å². The molecule has 22 heavy (non-hydrogen) atoms. The molecule has 1 aromatic heterocycles. The summed E-state index contributed by atoms with van der Waals surface area (Å²) in [7, 11) is 0. The summed E-state index contributed by atoms with van der Waals surface area (Å²) < 4.78 is 4.94. The van der Waals surface area contributed by atoms with Crippen molar-refractivity contribution in [3.63, 3.8) is 0 Å². The molecule has 0 saturated heterocycles. The number of rotatable bonds is 5. The predicted octanol–water partition coefficient (Wildman–Crippen LogP) is 2.86. The maximum Gasteiger partial charge on any atom is 0.343 e. The molecule has 0 aliphatic heterocycles. The van der Waals surface area contributed by atoms with Crippen LogP contribution < -0.4 is 10.3 Å². The van der Waals surface area contributed by atoms with Gasteiger partial charge in [0, 0.05) is 30.4 Å². The van der Waals surface area contributed by atoms with Crippen LogP contribution in [0.4, 0.5) is 5.69 Å². The van der Waals surface area contributed by atoms with Crippen LogP contribution in [0.5, 0.6) is 0 Å². The van der Waals surface area contributed by atoms with Crippen molar-refractivity contribution in [1.82, 2.24) is 4.98 Å². The highest BCUT2D eigenvalue weighted by Crippen LogP contribution is 2.23. The van der Waals surface area contributed by atoms with E-state index < -0.39 is 5.97 Å². The number of nitrogens with zero attached hydrogens (tertiary/aromatic N) is 1. The third-order valence-corrected chi connectivity index (χ3v) is 3.79. The monoisotopic (exact) mass is 302 g/mol. The molecule has 1 aromatic carbocycles. The first-order valence-electron chi connectivity index (χ1n) is 7.61. The number of anilines is 1. The van der Waals surface area contributed by atoms with E-state index >= 15 is 0 Å². The largest absolute Gasteiger partial charge is 0.462 e. The van der Waals surface area contributed by atoms with Crippen LogP contribution in [0.2, 0.25) is 0 Å². The Morgan fingerprint density at radius 3 is 2.50 bits per heavy atom. The fourth-order valence-corrected chi connectivity index (χ4v) is 2.63. The molecule has 0 amide bonds. The molecule has 1 N–H and O–H groups in total. The number of pyridine rings is 1. The highest BCUT2D eigenvalue weighted by atomic mass is 16.5. The molecule has 0 radical (unpaired) electrons. The van der Waals surface area contributed by atoms with Gasteiger partial charge in [0.25, 0.3) is 0 Å². The van der Waals surface area contributed by atoms with Crippen LogP contribution in [0.3, 0.4) is 0 Å². The van der Waals surface area contributed by atoms with Crippen molar-refractivity contribution in [2.75, 3.05) is 24.6 Å². The number of carbonyl (C=O) groups is 1. The number of aromatic amines is 1. The summed E-state index contributed by atoms with van der Waals surface area (Å²) in [6, 6.07) is 3.90. The summed E-state index contributed by atoms with van der Waals surface area (Å²) in [4.78, 5) is 29.7. The molecule has 5 nitrogen and oxygen atoms in total. The molecule has 2 rings (SSSR count). The van der Waals surface area contributed by atoms with Crippen LogP contribution in [0, 0.1) is 6.92 Å². The van der Waals surface area contributed by atoms with Crippen molar-refractivity contribution in [2.45, 2.75) is 27.7 Å². The van der Waals surface area contributed by atoms with E-state index in [1.54, 1.807) is 6.92 Å². The lowest BCUT2D eigenvalue weighted by Crippen LogP contribution is -2.23. The maximum atomic E-state index is 12.6. The minimum atomic E-state index is -0.587. The number of hydrogen-bond donors (Lipinski definition) is 1. The molecule has 0 spiro atoms. The third-order valence-electron chi connectivity index (χ3n) is 3.79. The summed E-state index contributed by atoms with van der Waals surface area (Å²) in [5.41, 5.74) is 2.48. The zero-order valence-electron chi connectivity index (χ0n) is 13.5. The average Bonchev–Trinajstić information content (AvgIpc) is 2.50. The zero-order valence-corrected chi connectivity index (χ0v) is 13.5. The summed E-state index contributed by atoms with van der Waals surface area (Å²) in [6.07, 6.45) is 1.44. The second-order valence-corrected chi connectivity index (χ2v) is 5.11. The van der Waals surface area contributed by atoms with E-state index in [2.05, 4.69) is 29.8 Å². The first-order chi connectivity index (χ1) is 10.5. The molecule has 118 valence electrons. The minimum Gasteiger partial charge on any atom is -0.462 e. The molecule has 0 atom stereocenters. The average molecular weight is 302 g/mol. The highest BCUT2D eigenvalue weighted by molar-refractivity contribution is 5.95. The van der Waals surface area contributed by atoms with Gasteiger partial charge in [-0.3, -0.25) is 4.79 Å². The van der Waals surface area contributed by atoms with Gasteiger partial charge in [-0.1, -0.05) is 0 Å². The Balaban J connectivity index is 2.66.